The fourth-order valence-electron chi connectivity index (χ4n) is 5.79. The van der Waals surface area contributed by atoms with Crippen molar-refractivity contribution in [1.82, 2.24) is 14.7 Å². The van der Waals surface area contributed by atoms with Gasteiger partial charge in [-0.15, -0.1) is 0 Å². The Labute approximate surface area is 194 Å². The zero-order chi connectivity index (χ0) is 22.3. The van der Waals surface area contributed by atoms with E-state index >= 15 is 0 Å². The number of nitrogens with zero attached hydrogens (tertiary/aromatic N) is 3. The highest BCUT2D eigenvalue weighted by atomic mass is 16.2. The molecule has 0 N–H and O–H groups in total. The second kappa shape index (κ2) is 11.3. The molecule has 2 aliphatic heterocycles. The van der Waals surface area contributed by atoms with Crippen LogP contribution in [0.1, 0.15) is 68.9 Å². The first-order valence-electron chi connectivity index (χ1n) is 12.9. The van der Waals surface area contributed by atoms with Gasteiger partial charge < -0.3 is 14.7 Å². The molecule has 1 aromatic rings. The second-order valence-electron chi connectivity index (χ2n) is 10.2. The predicted octanol–water partition coefficient (Wildman–Crippen LogP) is 4.03. The SMILES string of the molecule is Cc1ccccc1CCN1CCC(CN(C(=O)CN2CCCCC2=O)C2CCCC2)CC1. The van der Waals surface area contributed by atoms with E-state index in [-0.39, 0.29) is 11.8 Å². The van der Waals surface area contributed by atoms with Crippen LogP contribution in [0.2, 0.25) is 0 Å². The molecular formula is C27H41N3O2. The number of piperidine rings is 2. The lowest BCUT2D eigenvalue weighted by Gasteiger charge is -2.38. The van der Waals surface area contributed by atoms with E-state index in [1.807, 2.05) is 4.90 Å². The summed E-state index contributed by atoms with van der Waals surface area (Å²) in [6, 6.07) is 9.10. The number of hydrogen-bond donors (Lipinski definition) is 0. The van der Waals surface area contributed by atoms with Crippen molar-refractivity contribution in [2.24, 2.45) is 5.92 Å². The quantitative estimate of drug-likeness (QED) is 0.614. The number of carbonyl (C=O) groups is 2. The van der Waals surface area contributed by atoms with Gasteiger partial charge in [-0.1, -0.05) is 37.1 Å². The summed E-state index contributed by atoms with van der Waals surface area (Å²) in [7, 11) is 0. The van der Waals surface area contributed by atoms with Crippen LogP contribution in [-0.4, -0.2) is 71.8 Å². The summed E-state index contributed by atoms with van der Waals surface area (Å²) < 4.78 is 0. The van der Waals surface area contributed by atoms with Crippen LogP contribution in [0, 0.1) is 12.8 Å². The number of amides is 2. The van der Waals surface area contributed by atoms with E-state index in [2.05, 4.69) is 41.0 Å². The minimum atomic E-state index is 0.165. The van der Waals surface area contributed by atoms with Crippen molar-refractivity contribution in [3.8, 4) is 0 Å². The van der Waals surface area contributed by atoms with Gasteiger partial charge in [-0.05, 0) is 82.0 Å². The molecule has 1 saturated carbocycles. The maximum Gasteiger partial charge on any atom is 0.242 e. The summed E-state index contributed by atoms with van der Waals surface area (Å²) in [4.78, 5) is 32.1. The average molecular weight is 440 g/mol. The van der Waals surface area contributed by atoms with E-state index in [4.69, 9.17) is 0 Å². The minimum absolute atomic E-state index is 0.165. The molecule has 0 aromatic heterocycles. The number of benzene rings is 1. The van der Waals surface area contributed by atoms with E-state index in [1.54, 1.807) is 0 Å². The van der Waals surface area contributed by atoms with Crippen LogP contribution in [0.15, 0.2) is 24.3 Å². The molecule has 0 bridgehead atoms. The first kappa shape index (κ1) is 23.3. The molecule has 5 heteroatoms. The maximum absolute atomic E-state index is 13.3. The number of likely N-dealkylation sites (tertiary alicyclic amines) is 2. The van der Waals surface area contributed by atoms with Crippen LogP contribution < -0.4 is 0 Å². The van der Waals surface area contributed by atoms with E-state index in [9.17, 15) is 9.59 Å². The molecule has 0 radical (unpaired) electrons. The number of hydrogen-bond acceptors (Lipinski definition) is 3. The van der Waals surface area contributed by atoms with Crippen molar-refractivity contribution < 1.29 is 9.59 Å². The zero-order valence-corrected chi connectivity index (χ0v) is 19.9. The van der Waals surface area contributed by atoms with Gasteiger partial charge in [-0.25, -0.2) is 0 Å². The van der Waals surface area contributed by atoms with Gasteiger partial charge in [0.15, 0.2) is 0 Å². The largest absolute Gasteiger partial charge is 0.338 e. The molecule has 176 valence electrons. The van der Waals surface area contributed by atoms with Crippen LogP contribution in [0.3, 0.4) is 0 Å². The smallest absolute Gasteiger partial charge is 0.242 e. The summed E-state index contributed by atoms with van der Waals surface area (Å²) in [5.41, 5.74) is 2.85. The summed E-state index contributed by atoms with van der Waals surface area (Å²) in [6.45, 7) is 7.53. The fourth-order valence-corrected chi connectivity index (χ4v) is 5.79. The first-order chi connectivity index (χ1) is 15.6. The third-order valence-electron chi connectivity index (χ3n) is 7.95. The van der Waals surface area contributed by atoms with Crippen molar-refractivity contribution in [2.45, 2.75) is 77.2 Å². The zero-order valence-electron chi connectivity index (χ0n) is 19.9. The fraction of sp³-hybridized carbons (Fsp3) is 0.704. The highest BCUT2D eigenvalue weighted by Crippen LogP contribution is 2.27. The standard InChI is InChI=1S/C27H41N3O2/c1-22-8-2-3-9-24(22)15-19-28-17-13-23(14-18-28)20-30(25-10-4-5-11-25)27(32)21-29-16-7-6-12-26(29)31/h2-3,8-9,23,25H,4-7,10-21H2,1H3. The first-order valence-corrected chi connectivity index (χ1v) is 12.9. The highest BCUT2D eigenvalue weighted by Gasteiger charge is 2.32. The van der Waals surface area contributed by atoms with E-state index in [0.717, 1.165) is 64.8 Å². The molecule has 4 rings (SSSR count). The van der Waals surface area contributed by atoms with E-state index in [1.165, 1.54) is 36.8 Å². The Morgan fingerprint density at radius 3 is 2.47 bits per heavy atom. The molecule has 1 aromatic carbocycles. The van der Waals surface area contributed by atoms with Gasteiger partial charge >= 0.3 is 0 Å². The van der Waals surface area contributed by atoms with Gasteiger partial charge in [-0.3, -0.25) is 9.59 Å². The van der Waals surface area contributed by atoms with Gasteiger partial charge in [0.1, 0.15) is 0 Å². The summed E-state index contributed by atoms with van der Waals surface area (Å²) >= 11 is 0. The van der Waals surface area contributed by atoms with Crippen molar-refractivity contribution in [1.29, 1.82) is 0 Å². The highest BCUT2D eigenvalue weighted by molar-refractivity contribution is 5.85. The third kappa shape index (κ3) is 6.12. The third-order valence-corrected chi connectivity index (χ3v) is 7.95. The van der Waals surface area contributed by atoms with Gasteiger partial charge in [0.25, 0.3) is 0 Å². The summed E-state index contributed by atoms with van der Waals surface area (Å²) in [5.74, 6) is 0.943. The second-order valence-corrected chi connectivity index (χ2v) is 10.2. The Balaban J connectivity index is 1.27. The van der Waals surface area contributed by atoms with Crippen LogP contribution in [0.4, 0.5) is 0 Å². The lowest BCUT2D eigenvalue weighted by molar-refractivity contribution is -0.143. The van der Waals surface area contributed by atoms with E-state index < -0.39 is 0 Å². The Morgan fingerprint density at radius 1 is 1.00 bits per heavy atom. The van der Waals surface area contributed by atoms with Gasteiger partial charge in [0, 0.05) is 32.1 Å². The number of carbonyl (C=O) groups excluding carboxylic acids is 2. The molecule has 0 unspecified atom stereocenters. The Bertz CT molecular complexity index is 766. The molecule has 2 heterocycles. The van der Waals surface area contributed by atoms with Gasteiger partial charge in [-0.2, -0.15) is 0 Å². The molecular weight excluding hydrogens is 398 g/mol. The van der Waals surface area contributed by atoms with Crippen LogP contribution in [0.25, 0.3) is 0 Å². The molecule has 0 atom stereocenters. The molecule has 5 nitrogen and oxygen atoms in total. The monoisotopic (exact) mass is 439 g/mol. The molecule has 1 aliphatic carbocycles. The predicted molar refractivity (Wildman–Crippen MR) is 128 cm³/mol. The lowest BCUT2D eigenvalue weighted by atomic mass is 9.94. The Kier molecular flexibility index (Phi) is 8.23. The average Bonchev–Trinajstić information content (AvgIpc) is 3.34. The minimum Gasteiger partial charge on any atom is -0.338 e. The molecule has 32 heavy (non-hydrogen) atoms. The van der Waals surface area contributed by atoms with Gasteiger partial charge in [0.05, 0.1) is 6.54 Å². The molecule has 2 amide bonds. The molecule has 0 spiro atoms. The molecule has 2 saturated heterocycles. The van der Waals surface area contributed by atoms with Crippen LogP contribution in [-0.2, 0) is 16.0 Å². The van der Waals surface area contributed by atoms with Crippen molar-refractivity contribution in [3.63, 3.8) is 0 Å². The summed E-state index contributed by atoms with van der Waals surface area (Å²) in [5, 5.41) is 0. The Morgan fingerprint density at radius 2 is 1.75 bits per heavy atom. The topological polar surface area (TPSA) is 43.9 Å². The lowest BCUT2D eigenvalue weighted by Crippen LogP contribution is -2.50. The van der Waals surface area contributed by atoms with Crippen molar-refractivity contribution in [2.75, 3.05) is 39.3 Å². The Hall–Kier alpha value is -1.88. The van der Waals surface area contributed by atoms with Crippen molar-refractivity contribution >= 4 is 11.8 Å². The normalized spacial score (nSPS) is 21.3. The number of aryl methyl sites for hydroxylation is 1. The van der Waals surface area contributed by atoms with Crippen LogP contribution >= 0.6 is 0 Å². The number of rotatable bonds is 8. The van der Waals surface area contributed by atoms with Gasteiger partial charge in [0.2, 0.25) is 11.8 Å². The molecule has 3 aliphatic rings. The maximum atomic E-state index is 13.3. The van der Waals surface area contributed by atoms with Crippen LogP contribution in [0.5, 0.6) is 0 Å². The van der Waals surface area contributed by atoms with E-state index in [0.29, 0.717) is 24.9 Å². The molecule has 3 fully saturated rings. The summed E-state index contributed by atoms with van der Waals surface area (Å²) in [6.07, 6.45) is 10.8. The van der Waals surface area contributed by atoms with Crippen molar-refractivity contribution in [3.05, 3.63) is 35.4 Å².